The van der Waals surface area contributed by atoms with E-state index in [1.165, 1.54) is 6.92 Å². The second kappa shape index (κ2) is 5.50. The quantitative estimate of drug-likeness (QED) is 0.372. The summed E-state index contributed by atoms with van der Waals surface area (Å²) in [5, 5.41) is 2.52. The van der Waals surface area contributed by atoms with Gasteiger partial charge in [-0.3, -0.25) is 4.79 Å². The van der Waals surface area contributed by atoms with Gasteiger partial charge in [-0.2, -0.15) is 0 Å². The fourth-order valence-electron chi connectivity index (χ4n) is 1.71. The first-order chi connectivity index (χ1) is 8.61. The Bertz CT molecular complexity index is 591. The van der Waals surface area contributed by atoms with Crippen LogP contribution in [0, 0.1) is 0 Å². The molecule has 0 bridgehead atoms. The van der Waals surface area contributed by atoms with Crippen molar-refractivity contribution in [2.75, 3.05) is 0 Å². The summed E-state index contributed by atoms with van der Waals surface area (Å²) in [6.45, 7) is 1.36. The molecule has 0 N–H and O–H groups in total. The van der Waals surface area contributed by atoms with Crippen LogP contribution in [0.25, 0.3) is 10.1 Å². The standard InChI is InChI=1S/C13H11ClO3S/c1-8(16)17-9-2-3-13-10(6-9)11(7-18-13)12(14)4-5-15/h2-3,5-7,12H,4H2,1H3. The molecule has 2 aromatic rings. The van der Waals surface area contributed by atoms with Crippen LogP contribution in [-0.4, -0.2) is 12.3 Å². The predicted octanol–water partition coefficient (Wildman–Crippen LogP) is 3.70. The highest BCUT2D eigenvalue weighted by molar-refractivity contribution is 7.17. The molecule has 1 atom stereocenters. The lowest BCUT2D eigenvalue weighted by Crippen LogP contribution is -2.01. The third-order valence-electron chi connectivity index (χ3n) is 2.48. The lowest BCUT2D eigenvalue weighted by atomic mass is 10.1. The molecule has 0 aliphatic heterocycles. The van der Waals surface area contributed by atoms with Crippen LogP contribution in [0.5, 0.6) is 5.75 Å². The van der Waals surface area contributed by atoms with E-state index >= 15 is 0 Å². The molecule has 0 amide bonds. The van der Waals surface area contributed by atoms with Crippen molar-refractivity contribution >= 4 is 45.3 Å². The molecule has 18 heavy (non-hydrogen) atoms. The first kappa shape index (κ1) is 13.1. The average Bonchev–Trinajstić information content (AvgIpc) is 2.71. The maximum Gasteiger partial charge on any atom is 0.308 e. The number of benzene rings is 1. The molecule has 0 saturated heterocycles. The molecule has 1 unspecified atom stereocenters. The summed E-state index contributed by atoms with van der Waals surface area (Å²) >= 11 is 7.71. The number of alkyl halides is 1. The number of esters is 1. The first-order valence-electron chi connectivity index (χ1n) is 5.39. The monoisotopic (exact) mass is 282 g/mol. The van der Waals surface area contributed by atoms with Crippen LogP contribution < -0.4 is 4.74 Å². The van der Waals surface area contributed by atoms with Gasteiger partial charge in [0.05, 0.1) is 5.38 Å². The first-order valence-corrected chi connectivity index (χ1v) is 6.70. The minimum Gasteiger partial charge on any atom is -0.427 e. The van der Waals surface area contributed by atoms with E-state index in [0.29, 0.717) is 5.75 Å². The summed E-state index contributed by atoms with van der Waals surface area (Å²) in [6, 6.07) is 5.40. The van der Waals surface area contributed by atoms with Crippen LogP contribution >= 0.6 is 22.9 Å². The summed E-state index contributed by atoms with van der Waals surface area (Å²) in [6.07, 6.45) is 1.07. The molecule has 0 aliphatic carbocycles. The van der Waals surface area contributed by atoms with Gasteiger partial charge in [0.1, 0.15) is 12.0 Å². The molecule has 0 aliphatic rings. The van der Waals surface area contributed by atoms with E-state index < -0.39 is 0 Å². The van der Waals surface area contributed by atoms with Gasteiger partial charge in [-0.25, -0.2) is 0 Å². The Morgan fingerprint density at radius 2 is 2.33 bits per heavy atom. The highest BCUT2D eigenvalue weighted by Crippen LogP contribution is 2.36. The van der Waals surface area contributed by atoms with E-state index in [4.69, 9.17) is 16.3 Å². The van der Waals surface area contributed by atoms with Gasteiger partial charge in [-0.05, 0) is 29.1 Å². The second-order valence-corrected chi connectivity index (χ2v) is 5.25. The molecule has 0 radical (unpaired) electrons. The molecular formula is C13H11ClO3S. The molecule has 3 nitrogen and oxygen atoms in total. The topological polar surface area (TPSA) is 43.4 Å². The molecule has 5 heteroatoms. The van der Waals surface area contributed by atoms with Gasteiger partial charge in [0.2, 0.25) is 0 Å². The molecule has 94 valence electrons. The number of thiophene rings is 1. The highest BCUT2D eigenvalue weighted by Gasteiger charge is 2.14. The van der Waals surface area contributed by atoms with Crippen molar-refractivity contribution < 1.29 is 14.3 Å². The predicted molar refractivity (Wildman–Crippen MR) is 72.4 cm³/mol. The van der Waals surface area contributed by atoms with E-state index in [-0.39, 0.29) is 17.8 Å². The molecule has 0 fully saturated rings. The zero-order chi connectivity index (χ0) is 13.1. The van der Waals surface area contributed by atoms with Gasteiger partial charge in [0.15, 0.2) is 0 Å². The van der Waals surface area contributed by atoms with Crippen LogP contribution in [0.15, 0.2) is 23.6 Å². The lowest BCUT2D eigenvalue weighted by molar-refractivity contribution is -0.131. The largest absolute Gasteiger partial charge is 0.427 e. The Hall–Kier alpha value is -1.39. The zero-order valence-corrected chi connectivity index (χ0v) is 11.3. The summed E-state index contributed by atoms with van der Waals surface area (Å²) in [7, 11) is 0. The second-order valence-electron chi connectivity index (χ2n) is 3.81. The highest BCUT2D eigenvalue weighted by atomic mass is 35.5. The summed E-state index contributed by atoms with van der Waals surface area (Å²) in [5.41, 5.74) is 0.901. The zero-order valence-electron chi connectivity index (χ0n) is 9.68. The molecule has 2 rings (SSSR count). The fourth-order valence-corrected chi connectivity index (χ4v) is 3.03. The number of hydrogen-bond donors (Lipinski definition) is 0. The van der Waals surface area contributed by atoms with Crippen molar-refractivity contribution in [3.8, 4) is 5.75 Å². The Balaban J connectivity index is 2.42. The number of fused-ring (bicyclic) bond motifs is 1. The molecule has 1 aromatic heterocycles. The van der Waals surface area contributed by atoms with Crippen LogP contribution in [-0.2, 0) is 9.59 Å². The van der Waals surface area contributed by atoms with E-state index in [1.807, 2.05) is 11.4 Å². The van der Waals surface area contributed by atoms with Crippen molar-refractivity contribution in [2.45, 2.75) is 18.7 Å². The van der Waals surface area contributed by atoms with Gasteiger partial charge < -0.3 is 9.53 Å². The third kappa shape index (κ3) is 2.71. The Kier molecular flexibility index (Phi) is 3.99. The van der Waals surface area contributed by atoms with Crippen molar-refractivity contribution in [1.82, 2.24) is 0 Å². The fraction of sp³-hybridized carbons (Fsp3) is 0.231. The lowest BCUT2D eigenvalue weighted by Gasteiger charge is -2.05. The molecular weight excluding hydrogens is 272 g/mol. The summed E-state index contributed by atoms with van der Waals surface area (Å²) in [5.74, 6) is 0.131. The van der Waals surface area contributed by atoms with E-state index in [0.717, 1.165) is 21.9 Å². The smallest absolute Gasteiger partial charge is 0.308 e. The SMILES string of the molecule is CC(=O)Oc1ccc2scc(C(Cl)CC=O)c2c1. The maximum atomic E-state index is 10.9. The molecule has 1 aromatic carbocycles. The molecule has 0 spiro atoms. The van der Waals surface area contributed by atoms with Crippen molar-refractivity contribution in [1.29, 1.82) is 0 Å². The average molecular weight is 283 g/mol. The number of carbonyl (C=O) groups excluding carboxylic acids is 2. The van der Waals surface area contributed by atoms with Crippen LogP contribution in [0.1, 0.15) is 24.3 Å². The minimum atomic E-state index is -0.360. The van der Waals surface area contributed by atoms with Crippen LogP contribution in [0.4, 0.5) is 0 Å². The number of carbonyl (C=O) groups is 2. The van der Waals surface area contributed by atoms with E-state index in [1.54, 1.807) is 23.5 Å². The number of rotatable bonds is 4. The van der Waals surface area contributed by atoms with Gasteiger partial charge >= 0.3 is 5.97 Å². The molecule has 1 heterocycles. The van der Waals surface area contributed by atoms with Crippen molar-refractivity contribution in [3.05, 3.63) is 29.1 Å². The number of ether oxygens (including phenoxy) is 1. The third-order valence-corrected chi connectivity index (χ3v) is 3.87. The Morgan fingerprint density at radius 1 is 1.56 bits per heavy atom. The maximum absolute atomic E-state index is 10.9. The Labute approximate surface area is 113 Å². The summed E-state index contributed by atoms with van der Waals surface area (Å²) in [4.78, 5) is 21.4. The van der Waals surface area contributed by atoms with Gasteiger partial charge in [-0.15, -0.1) is 22.9 Å². The van der Waals surface area contributed by atoms with Crippen LogP contribution in [0.3, 0.4) is 0 Å². The normalized spacial score (nSPS) is 12.3. The Morgan fingerprint density at radius 3 is 3.00 bits per heavy atom. The number of halogens is 1. The number of hydrogen-bond acceptors (Lipinski definition) is 4. The van der Waals surface area contributed by atoms with Crippen LogP contribution in [0.2, 0.25) is 0 Å². The minimum absolute atomic E-state index is 0.269. The van der Waals surface area contributed by atoms with Crippen molar-refractivity contribution in [2.24, 2.45) is 0 Å². The van der Waals surface area contributed by atoms with E-state index in [2.05, 4.69) is 0 Å². The van der Waals surface area contributed by atoms with Gasteiger partial charge in [0.25, 0.3) is 0 Å². The molecule has 0 saturated carbocycles. The van der Waals surface area contributed by atoms with Gasteiger partial charge in [0, 0.05) is 23.4 Å². The summed E-state index contributed by atoms with van der Waals surface area (Å²) < 4.78 is 6.09. The van der Waals surface area contributed by atoms with Gasteiger partial charge in [-0.1, -0.05) is 0 Å². The number of aldehydes is 1. The van der Waals surface area contributed by atoms with Crippen molar-refractivity contribution in [3.63, 3.8) is 0 Å². The van der Waals surface area contributed by atoms with E-state index in [9.17, 15) is 9.59 Å².